The quantitative estimate of drug-likeness (QED) is 0.558. The zero-order valence-corrected chi connectivity index (χ0v) is 12.3. The Labute approximate surface area is 111 Å². The molecular formula is C15H25NO2. The van der Waals surface area contributed by atoms with Crippen LogP contribution in [0.25, 0.3) is 0 Å². The van der Waals surface area contributed by atoms with E-state index in [0.717, 1.165) is 19.6 Å². The standard InChI is InChI=1S/C15H25NO2/c1-13(17)18-15(5,14(2,3)4)9-8-12-16-10-6-7-11-16/h6-7,10-12H2,1-5H3/t15-/m1/s1. The Kier molecular flexibility index (Phi) is 4.81. The van der Waals surface area contributed by atoms with Gasteiger partial charge in [-0.1, -0.05) is 32.6 Å². The van der Waals surface area contributed by atoms with Gasteiger partial charge in [-0.15, -0.1) is 0 Å². The molecule has 0 aliphatic carbocycles. The van der Waals surface area contributed by atoms with Crippen molar-refractivity contribution in [2.75, 3.05) is 19.6 Å². The molecule has 0 amide bonds. The summed E-state index contributed by atoms with van der Waals surface area (Å²) in [6, 6.07) is 0. The SMILES string of the molecule is CC(=O)O[C@](C)(C#CCN1CCCC1)C(C)(C)C. The minimum absolute atomic E-state index is 0.198. The largest absolute Gasteiger partial charge is 0.446 e. The molecule has 0 N–H and O–H groups in total. The number of esters is 1. The molecule has 0 radical (unpaired) electrons. The van der Waals surface area contributed by atoms with Crippen molar-refractivity contribution in [2.24, 2.45) is 5.41 Å². The average Bonchev–Trinajstić information content (AvgIpc) is 2.67. The second kappa shape index (κ2) is 5.75. The van der Waals surface area contributed by atoms with E-state index in [0.29, 0.717) is 0 Å². The van der Waals surface area contributed by atoms with Crippen LogP contribution in [0.1, 0.15) is 47.5 Å². The highest BCUT2D eigenvalue weighted by Crippen LogP contribution is 2.33. The molecule has 1 atom stereocenters. The van der Waals surface area contributed by atoms with Gasteiger partial charge >= 0.3 is 5.97 Å². The van der Waals surface area contributed by atoms with Gasteiger partial charge in [0.25, 0.3) is 0 Å². The lowest BCUT2D eigenvalue weighted by molar-refractivity contribution is -0.158. The normalized spacial score (nSPS) is 19.8. The maximum atomic E-state index is 11.2. The Morgan fingerprint density at radius 1 is 1.22 bits per heavy atom. The summed E-state index contributed by atoms with van der Waals surface area (Å²) < 4.78 is 5.44. The van der Waals surface area contributed by atoms with Crippen molar-refractivity contribution >= 4 is 5.97 Å². The zero-order valence-electron chi connectivity index (χ0n) is 12.3. The number of carbonyl (C=O) groups excluding carboxylic acids is 1. The lowest BCUT2D eigenvalue weighted by Crippen LogP contribution is -2.42. The van der Waals surface area contributed by atoms with E-state index >= 15 is 0 Å². The molecule has 18 heavy (non-hydrogen) atoms. The van der Waals surface area contributed by atoms with Gasteiger partial charge in [-0.05, 0) is 32.9 Å². The van der Waals surface area contributed by atoms with Gasteiger partial charge in [-0.25, -0.2) is 0 Å². The van der Waals surface area contributed by atoms with Gasteiger partial charge in [0.1, 0.15) is 0 Å². The molecule has 0 unspecified atom stereocenters. The molecule has 1 heterocycles. The molecule has 0 aromatic rings. The summed E-state index contributed by atoms with van der Waals surface area (Å²) in [6.07, 6.45) is 2.53. The van der Waals surface area contributed by atoms with E-state index in [1.807, 2.05) is 27.7 Å². The Hall–Kier alpha value is -1.01. The van der Waals surface area contributed by atoms with Gasteiger partial charge in [-0.2, -0.15) is 0 Å². The van der Waals surface area contributed by atoms with Gasteiger partial charge < -0.3 is 4.74 Å². The summed E-state index contributed by atoms with van der Waals surface area (Å²) >= 11 is 0. The second-order valence-electron chi connectivity index (χ2n) is 6.16. The fourth-order valence-electron chi connectivity index (χ4n) is 1.91. The predicted octanol–water partition coefficient (Wildman–Crippen LogP) is 2.45. The van der Waals surface area contributed by atoms with E-state index < -0.39 is 5.60 Å². The van der Waals surface area contributed by atoms with Crippen molar-refractivity contribution < 1.29 is 9.53 Å². The molecule has 1 saturated heterocycles. The first kappa shape index (κ1) is 15.0. The second-order valence-corrected chi connectivity index (χ2v) is 6.16. The van der Waals surface area contributed by atoms with Crippen molar-refractivity contribution in [3.8, 4) is 11.8 Å². The molecule has 0 saturated carbocycles. The Morgan fingerprint density at radius 3 is 2.22 bits per heavy atom. The van der Waals surface area contributed by atoms with Gasteiger partial charge in [0.15, 0.2) is 5.60 Å². The first-order chi connectivity index (χ1) is 8.24. The van der Waals surface area contributed by atoms with E-state index in [9.17, 15) is 4.79 Å². The topological polar surface area (TPSA) is 29.5 Å². The minimum atomic E-state index is -0.724. The maximum Gasteiger partial charge on any atom is 0.304 e. The molecular weight excluding hydrogens is 226 g/mol. The fourth-order valence-corrected chi connectivity index (χ4v) is 1.91. The summed E-state index contributed by atoms with van der Waals surface area (Å²) in [4.78, 5) is 13.6. The smallest absolute Gasteiger partial charge is 0.304 e. The van der Waals surface area contributed by atoms with Crippen LogP contribution in [0.15, 0.2) is 0 Å². The number of nitrogens with zero attached hydrogens (tertiary/aromatic N) is 1. The average molecular weight is 251 g/mol. The van der Waals surface area contributed by atoms with E-state index in [1.54, 1.807) is 0 Å². The highest BCUT2D eigenvalue weighted by molar-refractivity contribution is 5.67. The van der Waals surface area contributed by atoms with Crippen LogP contribution in [0.3, 0.4) is 0 Å². The summed E-state index contributed by atoms with van der Waals surface area (Å²) in [5.41, 5.74) is -0.921. The van der Waals surface area contributed by atoms with Gasteiger partial charge in [0, 0.05) is 12.3 Å². The van der Waals surface area contributed by atoms with Crippen LogP contribution in [0.5, 0.6) is 0 Å². The molecule has 1 rings (SSSR count). The molecule has 3 nitrogen and oxygen atoms in total. The van der Waals surface area contributed by atoms with Crippen LogP contribution in [-0.4, -0.2) is 36.1 Å². The molecule has 0 spiro atoms. The third kappa shape index (κ3) is 4.03. The number of likely N-dealkylation sites (tertiary alicyclic amines) is 1. The van der Waals surface area contributed by atoms with Crippen molar-refractivity contribution in [3.63, 3.8) is 0 Å². The van der Waals surface area contributed by atoms with Crippen LogP contribution in [0.2, 0.25) is 0 Å². The Bertz CT molecular complexity index is 353. The third-order valence-electron chi connectivity index (χ3n) is 3.61. The molecule has 0 aromatic carbocycles. The predicted molar refractivity (Wildman–Crippen MR) is 73.1 cm³/mol. The Balaban J connectivity index is 2.72. The van der Waals surface area contributed by atoms with Crippen molar-refractivity contribution in [3.05, 3.63) is 0 Å². The van der Waals surface area contributed by atoms with Crippen LogP contribution < -0.4 is 0 Å². The van der Waals surface area contributed by atoms with Crippen LogP contribution in [0, 0.1) is 17.3 Å². The maximum absolute atomic E-state index is 11.2. The fraction of sp³-hybridized carbons (Fsp3) is 0.800. The van der Waals surface area contributed by atoms with Crippen molar-refractivity contribution in [2.45, 2.75) is 53.1 Å². The van der Waals surface area contributed by atoms with Crippen LogP contribution >= 0.6 is 0 Å². The number of hydrogen-bond acceptors (Lipinski definition) is 3. The van der Waals surface area contributed by atoms with E-state index in [1.165, 1.54) is 19.8 Å². The number of hydrogen-bond donors (Lipinski definition) is 0. The van der Waals surface area contributed by atoms with E-state index in [-0.39, 0.29) is 11.4 Å². The van der Waals surface area contributed by atoms with Gasteiger partial charge in [0.2, 0.25) is 0 Å². The molecule has 1 aliphatic rings. The minimum Gasteiger partial charge on any atom is -0.446 e. The van der Waals surface area contributed by atoms with Gasteiger partial charge in [-0.3, -0.25) is 9.69 Å². The van der Waals surface area contributed by atoms with Crippen LogP contribution in [-0.2, 0) is 9.53 Å². The molecule has 102 valence electrons. The lowest BCUT2D eigenvalue weighted by Gasteiger charge is -2.36. The first-order valence-corrected chi connectivity index (χ1v) is 6.66. The number of rotatable bonds is 2. The summed E-state index contributed by atoms with van der Waals surface area (Å²) in [7, 11) is 0. The summed E-state index contributed by atoms with van der Waals surface area (Å²) in [5.74, 6) is 6.06. The highest BCUT2D eigenvalue weighted by atomic mass is 16.6. The van der Waals surface area contributed by atoms with Gasteiger partial charge in [0.05, 0.1) is 6.54 Å². The van der Waals surface area contributed by atoms with E-state index in [2.05, 4.69) is 16.7 Å². The Morgan fingerprint density at radius 2 is 1.78 bits per heavy atom. The molecule has 0 bridgehead atoms. The number of carbonyl (C=O) groups is 1. The third-order valence-corrected chi connectivity index (χ3v) is 3.61. The summed E-state index contributed by atoms with van der Waals surface area (Å²) in [5, 5.41) is 0. The van der Waals surface area contributed by atoms with Crippen molar-refractivity contribution in [1.82, 2.24) is 4.90 Å². The molecule has 1 fully saturated rings. The molecule has 0 aromatic heterocycles. The van der Waals surface area contributed by atoms with Crippen LogP contribution in [0.4, 0.5) is 0 Å². The molecule has 3 heteroatoms. The first-order valence-electron chi connectivity index (χ1n) is 6.66. The highest BCUT2D eigenvalue weighted by Gasteiger charge is 2.39. The summed E-state index contributed by atoms with van der Waals surface area (Å²) in [6.45, 7) is 12.5. The lowest BCUT2D eigenvalue weighted by atomic mass is 9.78. The van der Waals surface area contributed by atoms with Crippen molar-refractivity contribution in [1.29, 1.82) is 0 Å². The number of ether oxygens (including phenoxy) is 1. The molecule has 1 aliphatic heterocycles. The monoisotopic (exact) mass is 251 g/mol. The zero-order chi connectivity index (χ0) is 13.8. The van der Waals surface area contributed by atoms with E-state index in [4.69, 9.17) is 4.74 Å².